The van der Waals surface area contributed by atoms with Gasteiger partial charge in [0.2, 0.25) is 0 Å². The number of nitrogens with zero attached hydrogens (tertiary/aromatic N) is 5. The Morgan fingerprint density at radius 2 is 2.20 bits per heavy atom. The second kappa shape index (κ2) is 8.06. The highest BCUT2D eigenvalue weighted by atomic mass is 32.2. The van der Waals surface area contributed by atoms with Crippen molar-refractivity contribution in [1.82, 2.24) is 19.5 Å². The lowest BCUT2D eigenvalue weighted by Gasteiger charge is -2.16. The first-order valence-electron chi connectivity index (χ1n) is 7.73. The number of aromatic nitrogens is 4. The molecule has 1 aliphatic heterocycles. The highest BCUT2D eigenvalue weighted by Gasteiger charge is 2.44. The predicted molar refractivity (Wildman–Crippen MR) is 93.4 cm³/mol. The number of imidazole rings is 1. The Hall–Kier alpha value is -1.79. The highest BCUT2D eigenvalue weighted by Crippen LogP contribution is 2.31. The van der Waals surface area contributed by atoms with Crippen LogP contribution in [0.4, 0.5) is 5.82 Å². The number of hydrazone groups is 1. The fourth-order valence-corrected chi connectivity index (χ4v) is 2.91. The molecule has 1 saturated heterocycles. The van der Waals surface area contributed by atoms with Crippen LogP contribution in [0, 0.1) is 0 Å². The van der Waals surface area contributed by atoms with Gasteiger partial charge in [0.25, 0.3) is 0 Å². The molecule has 1 unspecified atom stereocenters. The molecule has 0 spiro atoms. The zero-order valence-electron chi connectivity index (χ0n) is 13.6. The number of hydrogen-bond donors (Lipinski definition) is 4. The molecule has 1 fully saturated rings. The molecule has 4 N–H and O–H groups in total. The molecule has 0 saturated carbocycles. The summed E-state index contributed by atoms with van der Waals surface area (Å²) < 4.78 is 7.02. The van der Waals surface area contributed by atoms with E-state index in [4.69, 9.17) is 4.74 Å². The van der Waals surface area contributed by atoms with Crippen LogP contribution < -0.4 is 5.43 Å². The van der Waals surface area contributed by atoms with E-state index >= 15 is 0 Å². The number of aliphatic hydroxyl groups excluding tert-OH is 3. The number of aliphatic hydroxyl groups is 3. The van der Waals surface area contributed by atoms with Gasteiger partial charge in [0.15, 0.2) is 23.2 Å². The molecule has 2 aromatic rings. The molecule has 4 atom stereocenters. The van der Waals surface area contributed by atoms with E-state index < -0.39 is 31.1 Å². The van der Waals surface area contributed by atoms with E-state index in [2.05, 4.69) is 25.5 Å². The van der Waals surface area contributed by atoms with Crippen LogP contribution in [0.15, 0.2) is 17.8 Å². The summed E-state index contributed by atoms with van der Waals surface area (Å²) in [5.74, 6) is 1.40. The molecule has 10 nitrogen and oxygen atoms in total. The van der Waals surface area contributed by atoms with Crippen molar-refractivity contribution < 1.29 is 20.1 Å². The third-order valence-electron chi connectivity index (χ3n) is 3.86. The molecule has 3 heterocycles. The Labute approximate surface area is 148 Å². The third-order valence-corrected chi connectivity index (χ3v) is 4.51. The van der Waals surface area contributed by atoms with Crippen molar-refractivity contribution in [3.8, 4) is 0 Å². The first-order chi connectivity index (χ1) is 12.2. The van der Waals surface area contributed by atoms with Crippen LogP contribution in [-0.4, -0.2) is 78.0 Å². The van der Waals surface area contributed by atoms with Gasteiger partial charge in [-0.15, -0.1) is 0 Å². The second-order valence-electron chi connectivity index (χ2n) is 5.48. The SMILES string of the molecule is CSCC/C=N/Nc1ncnc2c1ncn2[C@@H]1O[C@H](CO)C(O)[C@@H]1O. The molecule has 0 radical (unpaired) electrons. The Morgan fingerprint density at radius 3 is 2.92 bits per heavy atom. The van der Waals surface area contributed by atoms with Crippen LogP contribution in [0.3, 0.4) is 0 Å². The average molecular weight is 368 g/mol. The van der Waals surface area contributed by atoms with Crippen molar-refractivity contribution in [2.24, 2.45) is 5.10 Å². The van der Waals surface area contributed by atoms with Crippen LogP contribution in [0.2, 0.25) is 0 Å². The van der Waals surface area contributed by atoms with Crippen LogP contribution in [0.5, 0.6) is 0 Å². The van der Waals surface area contributed by atoms with E-state index in [-0.39, 0.29) is 0 Å². The maximum atomic E-state index is 10.2. The zero-order chi connectivity index (χ0) is 17.8. The highest BCUT2D eigenvalue weighted by molar-refractivity contribution is 7.98. The third kappa shape index (κ3) is 3.60. The number of hydrogen-bond acceptors (Lipinski definition) is 10. The number of rotatable bonds is 7. The van der Waals surface area contributed by atoms with E-state index in [1.165, 1.54) is 17.2 Å². The topological polar surface area (TPSA) is 138 Å². The van der Waals surface area contributed by atoms with Gasteiger partial charge in [0.1, 0.15) is 24.6 Å². The number of nitrogens with one attached hydrogen (secondary N) is 1. The van der Waals surface area contributed by atoms with Gasteiger partial charge in [-0.05, 0) is 18.4 Å². The number of anilines is 1. The Bertz CT molecular complexity index is 741. The summed E-state index contributed by atoms with van der Waals surface area (Å²) in [5.41, 5.74) is 3.71. The van der Waals surface area contributed by atoms with Crippen LogP contribution in [0.1, 0.15) is 12.6 Å². The van der Waals surface area contributed by atoms with Crippen molar-refractivity contribution in [1.29, 1.82) is 0 Å². The molecule has 0 bridgehead atoms. The van der Waals surface area contributed by atoms with Gasteiger partial charge in [-0.25, -0.2) is 15.0 Å². The second-order valence-corrected chi connectivity index (χ2v) is 6.47. The molecule has 2 aromatic heterocycles. The summed E-state index contributed by atoms with van der Waals surface area (Å²) in [4.78, 5) is 12.5. The van der Waals surface area contributed by atoms with Crippen molar-refractivity contribution in [3.63, 3.8) is 0 Å². The molecule has 0 amide bonds. The molecule has 136 valence electrons. The van der Waals surface area contributed by atoms with Crippen LogP contribution in [0.25, 0.3) is 11.2 Å². The maximum absolute atomic E-state index is 10.2. The molecule has 3 rings (SSSR count). The summed E-state index contributed by atoms with van der Waals surface area (Å²) >= 11 is 1.73. The van der Waals surface area contributed by atoms with E-state index in [1.54, 1.807) is 18.0 Å². The molecule has 0 aromatic carbocycles. The standard InChI is InChI=1S/C14H20N6O4S/c1-25-4-2-3-18-19-12-9-13(16-6-15-12)20(7-17-9)14-11(23)10(22)8(5-21)24-14/h3,6-8,10-11,14,21-23H,2,4-5H2,1H3,(H,15,16,19)/b18-3+/t8-,10?,11+,14-/m1/s1. The first kappa shape index (κ1) is 18.0. The van der Waals surface area contributed by atoms with Gasteiger partial charge in [-0.3, -0.25) is 9.99 Å². The normalized spacial score (nSPS) is 26.7. The summed E-state index contributed by atoms with van der Waals surface area (Å²) in [5, 5.41) is 33.4. The predicted octanol–water partition coefficient (Wildman–Crippen LogP) is -0.411. The summed E-state index contributed by atoms with van der Waals surface area (Å²) in [6.07, 6.45) is 3.26. The fraction of sp³-hybridized carbons (Fsp3) is 0.571. The van der Waals surface area contributed by atoms with Gasteiger partial charge in [0, 0.05) is 6.21 Å². The summed E-state index contributed by atoms with van der Waals surface area (Å²) in [6.45, 7) is -0.395. The van der Waals surface area contributed by atoms with Gasteiger partial charge in [-0.2, -0.15) is 16.9 Å². The Balaban J connectivity index is 1.83. The van der Waals surface area contributed by atoms with Crippen molar-refractivity contribution >= 4 is 35.0 Å². The monoisotopic (exact) mass is 368 g/mol. The van der Waals surface area contributed by atoms with Crippen molar-refractivity contribution in [3.05, 3.63) is 12.7 Å². The zero-order valence-corrected chi connectivity index (χ0v) is 14.4. The molecule has 1 aliphatic rings. The van der Waals surface area contributed by atoms with Crippen molar-refractivity contribution in [2.45, 2.75) is 31.0 Å². The summed E-state index contributed by atoms with van der Waals surface area (Å²) in [7, 11) is 0. The van der Waals surface area contributed by atoms with Crippen LogP contribution in [-0.2, 0) is 4.74 Å². The van der Waals surface area contributed by atoms with Gasteiger partial charge < -0.3 is 20.1 Å². The minimum atomic E-state index is -1.20. The molecular formula is C14H20N6O4S. The van der Waals surface area contributed by atoms with Gasteiger partial charge in [0.05, 0.1) is 12.9 Å². The Morgan fingerprint density at radius 1 is 1.36 bits per heavy atom. The molecule has 25 heavy (non-hydrogen) atoms. The fourth-order valence-electron chi connectivity index (χ4n) is 2.57. The Kier molecular flexibility index (Phi) is 5.81. The lowest BCUT2D eigenvalue weighted by Crippen LogP contribution is -2.33. The first-order valence-corrected chi connectivity index (χ1v) is 9.13. The smallest absolute Gasteiger partial charge is 0.177 e. The van der Waals surface area contributed by atoms with E-state index in [0.29, 0.717) is 17.0 Å². The largest absolute Gasteiger partial charge is 0.394 e. The minimum absolute atomic E-state index is 0.395. The van der Waals surface area contributed by atoms with E-state index in [9.17, 15) is 15.3 Å². The van der Waals surface area contributed by atoms with E-state index in [0.717, 1.165) is 12.2 Å². The number of fused-ring (bicyclic) bond motifs is 1. The van der Waals surface area contributed by atoms with Crippen molar-refractivity contribution in [2.75, 3.05) is 24.0 Å². The summed E-state index contributed by atoms with van der Waals surface area (Å²) in [6, 6.07) is 0. The van der Waals surface area contributed by atoms with Gasteiger partial charge in [-0.1, -0.05) is 0 Å². The van der Waals surface area contributed by atoms with Crippen LogP contribution >= 0.6 is 11.8 Å². The average Bonchev–Trinajstić information content (AvgIpc) is 3.17. The quantitative estimate of drug-likeness (QED) is 0.292. The number of thioether (sulfide) groups is 1. The minimum Gasteiger partial charge on any atom is -0.394 e. The molecule has 0 aliphatic carbocycles. The lowest BCUT2D eigenvalue weighted by molar-refractivity contribution is -0.0511. The maximum Gasteiger partial charge on any atom is 0.177 e. The molecular weight excluding hydrogens is 348 g/mol. The molecule has 11 heteroatoms. The number of ether oxygens (including phenoxy) is 1. The van der Waals surface area contributed by atoms with E-state index in [1.807, 2.05) is 6.26 Å². The lowest BCUT2D eigenvalue weighted by atomic mass is 10.1. The van der Waals surface area contributed by atoms with Gasteiger partial charge >= 0.3 is 0 Å².